The fourth-order valence-corrected chi connectivity index (χ4v) is 2.78. The second-order valence-electron chi connectivity index (χ2n) is 5.06. The SMILES string of the molecule is CC(C)=C1CNCC2C1C2(C)C. The summed E-state index contributed by atoms with van der Waals surface area (Å²) in [4.78, 5) is 0. The minimum atomic E-state index is 0.579. The first-order valence-electron chi connectivity index (χ1n) is 4.92. The summed E-state index contributed by atoms with van der Waals surface area (Å²) in [6, 6.07) is 0. The monoisotopic (exact) mass is 165 g/mol. The molecule has 0 radical (unpaired) electrons. The zero-order valence-corrected chi connectivity index (χ0v) is 8.57. The number of rotatable bonds is 0. The second kappa shape index (κ2) is 2.35. The molecule has 2 aliphatic rings. The Balaban J connectivity index is 2.26. The fourth-order valence-electron chi connectivity index (χ4n) is 2.78. The molecule has 0 aromatic heterocycles. The molecule has 1 saturated carbocycles. The van der Waals surface area contributed by atoms with Crippen LogP contribution in [0, 0.1) is 17.3 Å². The van der Waals surface area contributed by atoms with Crippen molar-refractivity contribution in [3.63, 3.8) is 0 Å². The molecule has 2 unspecified atom stereocenters. The minimum Gasteiger partial charge on any atom is -0.313 e. The zero-order chi connectivity index (χ0) is 8.93. The molecule has 1 heterocycles. The van der Waals surface area contributed by atoms with E-state index in [1.807, 2.05) is 0 Å². The average molecular weight is 165 g/mol. The lowest BCUT2D eigenvalue weighted by molar-refractivity contribution is 0.536. The average Bonchev–Trinajstić information content (AvgIpc) is 2.55. The van der Waals surface area contributed by atoms with Crippen molar-refractivity contribution >= 4 is 0 Å². The van der Waals surface area contributed by atoms with Crippen molar-refractivity contribution in [1.29, 1.82) is 0 Å². The predicted octanol–water partition coefficient (Wildman–Crippen LogP) is 2.20. The molecule has 2 atom stereocenters. The molecule has 12 heavy (non-hydrogen) atoms. The fraction of sp³-hybridized carbons (Fsp3) is 0.818. The van der Waals surface area contributed by atoms with E-state index in [-0.39, 0.29) is 0 Å². The Morgan fingerprint density at radius 2 is 2.08 bits per heavy atom. The summed E-state index contributed by atoms with van der Waals surface area (Å²) < 4.78 is 0. The Hall–Kier alpha value is -0.300. The number of nitrogens with one attached hydrogen (secondary N) is 1. The molecule has 1 nitrogen and oxygen atoms in total. The summed E-state index contributed by atoms with van der Waals surface area (Å²) in [7, 11) is 0. The smallest absolute Gasteiger partial charge is 0.0170 e. The van der Waals surface area contributed by atoms with Gasteiger partial charge in [-0.05, 0) is 37.6 Å². The van der Waals surface area contributed by atoms with Crippen molar-refractivity contribution in [3.8, 4) is 0 Å². The third-order valence-electron chi connectivity index (χ3n) is 3.75. The molecular weight excluding hydrogens is 146 g/mol. The van der Waals surface area contributed by atoms with E-state index in [1.165, 1.54) is 12.1 Å². The molecular formula is C11H19N. The molecule has 1 heteroatoms. The Bertz CT molecular complexity index is 233. The molecule has 1 aliphatic carbocycles. The first-order valence-corrected chi connectivity index (χ1v) is 4.92. The molecule has 0 amide bonds. The number of fused-ring (bicyclic) bond motifs is 1. The standard InChI is InChI=1S/C11H19N/c1-7(2)8-5-12-6-9-10(8)11(9,3)4/h9-10,12H,5-6H2,1-4H3. The third kappa shape index (κ3) is 0.957. The van der Waals surface area contributed by atoms with Crippen LogP contribution in [-0.2, 0) is 0 Å². The Kier molecular flexibility index (Phi) is 1.63. The summed E-state index contributed by atoms with van der Waals surface area (Å²) in [5.41, 5.74) is 3.79. The van der Waals surface area contributed by atoms with Gasteiger partial charge in [-0.15, -0.1) is 0 Å². The molecule has 1 saturated heterocycles. The van der Waals surface area contributed by atoms with Crippen LogP contribution in [0.25, 0.3) is 0 Å². The van der Waals surface area contributed by atoms with Gasteiger partial charge >= 0.3 is 0 Å². The van der Waals surface area contributed by atoms with E-state index in [2.05, 4.69) is 33.0 Å². The van der Waals surface area contributed by atoms with Crippen molar-refractivity contribution in [2.24, 2.45) is 17.3 Å². The lowest BCUT2D eigenvalue weighted by Gasteiger charge is -2.16. The van der Waals surface area contributed by atoms with Gasteiger partial charge < -0.3 is 5.32 Å². The van der Waals surface area contributed by atoms with Gasteiger partial charge in [-0.25, -0.2) is 0 Å². The van der Waals surface area contributed by atoms with Crippen LogP contribution < -0.4 is 5.32 Å². The van der Waals surface area contributed by atoms with Crippen LogP contribution in [0.5, 0.6) is 0 Å². The Labute approximate surface area is 75.2 Å². The topological polar surface area (TPSA) is 12.0 Å². The van der Waals surface area contributed by atoms with Gasteiger partial charge in [0, 0.05) is 6.54 Å². The van der Waals surface area contributed by atoms with E-state index in [0.29, 0.717) is 5.41 Å². The quantitative estimate of drug-likeness (QED) is 0.543. The Morgan fingerprint density at radius 3 is 2.58 bits per heavy atom. The minimum absolute atomic E-state index is 0.579. The van der Waals surface area contributed by atoms with Gasteiger partial charge in [0.2, 0.25) is 0 Å². The van der Waals surface area contributed by atoms with E-state index in [9.17, 15) is 0 Å². The van der Waals surface area contributed by atoms with Gasteiger partial charge in [0.15, 0.2) is 0 Å². The second-order valence-corrected chi connectivity index (χ2v) is 5.06. The lowest BCUT2D eigenvalue weighted by Crippen LogP contribution is -2.26. The van der Waals surface area contributed by atoms with Crippen LogP contribution in [0.1, 0.15) is 27.7 Å². The van der Waals surface area contributed by atoms with Crippen LogP contribution in [0.3, 0.4) is 0 Å². The summed E-state index contributed by atoms with van der Waals surface area (Å²) in [6.07, 6.45) is 0. The summed E-state index contributed by atoms with van der Waals surface area (Å²) in [6.45, 7) is 11.7. The maximum Gasteiger partial charge on any atom is 0.0170 e. The number of hydrogen-bond donors (Lipinski definition) is 1. The van der Waals surface area contributed by atoms with Crippen LogP contribution >= 0.6 is 0 Å². The molecule has 1 N–H and O–H groups in total. The highest BCUT2D eigenvalue weighted by atomic mass is 14.9. The number of hydrogen-bond acceptors (Lipinski definition) is 1. The van der Waals surface area contributed by atoms with E-state index >= 15 is 0 Å². The number of piperidine rings is 1. The maximum absolute atomic E-state index is 3.51. The van der Waals surface area contributed by atoms with Gasteiger partial charge in [-0.3, -0.25) is 0 Å². The van der Waals surface area contributed by atoms with Crippen molar-refractivity contribution < 1.29 is 0 Å². The normalized spacial score (nSPS) is 37.5. The highest BCUT2D eigenvalue weighted by Crippen LogP contribution is 2.62. The first-order chi connectivity index (χ1) is 5.55. The van der Waals surface area contributed by atoms with Crippen molar-refractivity contribution in [2.45, 2.75) is 27.7 Å². The van der Waals surface area contributed by atoms with Crippen LogP contribution in [0.4, 0.5) is 0 Å². The van der Waals surface area contributed by atoms with E-state index in [0.717, 1.165) is 18.4 Å². The molecule has 0 spiro atoms. The van der Waals surface area contributed by atoms with Crippen molar-refractivity contribution in [2.75, 3.05) is 13.1 Å². The van der Waals surface area contributed by atoms with Gasteiger partial charge in [-0.2, -0.15) is 0 Å². The molecule has 0 aromatic rings. The van der Waals surface area contributed by atoms with Crippen molar-refractivity contribution in [3.05, 3.63) is 11.1 Å². The molecule has 0 bridgehead atoms. The first kappa shape index (κ1) is 8.31. The van der Waals surface area contributed by atoms with E-state index < -0.39 is 0 Å². The summed E-state index contributed by atoms with van der Waals surface area (Å²) in [5.74, 6) is 1.81. The molecule has 2 fully saturated rings. The third-order valence-corrected chi connectivity index (χ3v) is 3.75. The largest absolute Gasteiger partial charge is 0.313 e. The van der Waals surface area contributed by atoms with E-state index in [1.54, 1.807) is 5.57 Å². The molecule has 2 rings (SSSR count). The highest BCUT2D eigenvalue weighted by Gasteiger charge is 2.59. The molecule has 0 aromatic carbocycles. The van der Waals surface area contributed by atoms with Crippen LogP contribution in [0.2, 0.25) is 0 Å². The maximum atomic E-state index is 3.51. The molecule has 68 valence electrons. The van der Waals surface area contributed by atoms with Crippen molar-refractivity contribution in [1.82, 2.24) is 5.32 Å². The van der Waals surface area contributed by atoms with Crippen LogP contribution in [0.15, 0.2) is 11.1 Å². The molecule has 1 aliphatic heterocycles. The van der Waals surface area contributed by atoms with Gasteiger partial charge in [0.05, 0.1) is 0 Å². The Morgan fingerprint density at radius 1 is 1.42 bits per heavy atom. The van der Waals surface area contributed by atoms with Gasteiger partial charge in [0.1, 0.15) is 0 Å². The predicted molar refractivity (Wildman–Crippen MR) is 52.0 cm³/mol. The summed E-state index contributed by atoms with van der Waals surface area (Å²) in [5, 5.41) is 3.51. The lowest BCUT2D eigenvalue weighted by atomic mass is 9.99. The zero-order valence-electron chi connectivity index (χ0n) is 8.57. The highest BCUT2D eigenvalue weighted by molar-refractivity contribution is 5.30. The van der Waals surface area contributed by atoms with Crippen LogP contribution in [-0.4, -0.2) is 13.1 Å². The van der Waals surface area contributed by atoms with Gasteiger partial charge in [0.25, 0.3) is 0 Å². The van der Waals surface area contributed by atoms with E-state index in [4.69, 9.17) is 0 Å². The van der Waals surface area contributed by atoms with Gasteiger partial charge in [-0.1, -0.05) is 25.0 Å². The summed E-state index contributed by atoms with van der Waals surface area (Å²) >= 11 is 0. The number of allylic oxidation sites excluding steroid dienone is 1.